The number of rotatable bonds is 3. The van der Waals surface area contributed by atoms with E-state index in [-0.39, 0.29) is 23.1 Å². The van der Waals surface area contributed by atoms with Crippen molar-refractivity contribution in [1.82, 2.24) is 9.80 Å². The zero-order chi connectivity index (χ0) is 21.2. The van der Waals surface area contributed by atoms with Crippen molar-refractivity contribution in [3.63, 3.8) is 0 Å². The highest BCUT2D eigenvalue weighted by molar-refractivity contribution is 6.31. The Bertz CT molecular complexity index is 746. The molecule has 2 aliphatic heterocycles. The molecule has 2 saturated heterocycles. The third kappa shape index (κ3) is 5.43. The van der Waals surface area contributed by atoms with Crippen LogP contribution in [-0.4, -0.2) is 67.9 Å². The van der Waals surface area contributed by atoms with Gasteiger partial charge in [0.05, 0.1) is 11.4 Å². The molecule has 29 heavy (non-hydrogen) atoms. The number of anilines is 2. The minimum Gasteiger partial charge on any atom is -0.367 e. The fraction of sp³-hybridized carbons (Fsp3) is 0.636. The van der Waals surface area contributed by atoms with E-state index in [2.05, 4.69) is 22.2 Å². The van der Waals surface area contributed by atoms with E-state index in [1.165, 1.54) is 0 Å². The van der Waals surface area contributed by atoms with Gasteiger partial charge in [0.15, 0.2) is 0 Å². The molecule has 0 bridgehead atoms. The number of carbonyl (C=O) groups is 2. The molecule has 160 valence electrons. The standard InChI is InChI=1S/C22H33ClN4O2/c1-22(2,3)21(29)27-9-7-16(8-10-27)20(28)24-18-15-17(23)5-6-19(18)26-13-11-25(4)12-14-26/h5-6,15-16H,7-14H2,1-4H3,(H,24,28). The number of likely N-dealkylation sites (tertiary alicyclic amines) is 1. The van der Waals surface area contributed by atoms with E-state index >= 15 is 0 Å². The Hall–Kier alpha value is -1.79. The highest BCUT2D eigenvalue weighted by Crippen LogP contribution is 2.31. The lowest BCUT2D eigenvalue weighted by Gasteiger charge is -2.36. The molecular formula is C22H33ClN4O2. The second-order valence-electron chi connectivity index (χ2n) is 9.26. The van der Waals surface area contributed by atoms with Crippen molar-refractivity contribution in [1.29, 1.82) is 0 Å². The number of likely N-dealkylation sites (N-methyl/N-ethyl adjacent to an activating group) is 1. The summed E-state index contributed by atoms with van der Waals surface area (Å²) in [6.07, 6.45) is 1.39. The Balaban J connectivity index is 1.64. The first kappa shape index (κ1) is 21.9. The first-order chi connectivity index (χ1) is 13.6. The summed E-state index contributed by atoms with van der Waals surface area (Å²) in [6, 6.07) is 5.71. The van der Waals surface area contributed by atoms with Crippen molar-refractivity contribution in [3.05, 3.63) is 23.2 Å². The van der Waals surface area contributed by atoms with Gasteiger partial charge >= 0.3 is 0 Å². The fourth-order valence-corrected chi connectivity index (χ4v) is 4.16. The summed E-state index contributed by atoms with van der Waals surface area (Å²) >= 11 is 6.22. The molecule has 1 aromatic carbocycles. The number of halogens is 1. The smallest absolute Gasteiger partial charge is 0.227 e. The molecule has 0 aliphatic carbocycles. The van der Waals surface area contributed by atoms with Crippen LogP contribution in [0.2, 0.25) is 5.02 Å². The quantitative estimate of drug-likeness (QED) is 0.815. The van der Waals surface area contributed by atoms with Crippen LogP contribution in [0.3, 0.4) is 0 Å². The van der Waals surface area contributed by atoms with Gasteiger partial charge in [0.2, 0.25) is 11.8 Å². The molecule has 2 aliphatic rings. The van der Waals surface area contributed by atoms with E-state index in [0.717, 1.165) is 37.6 Å². The maximum absolute atomic E-state index is 13.0. The average molecular weight is 421 g/mol. The number of piperazine rings is 1. The summed E-state index contributed by atoms with van der Waals surface area (Å²) in [5, 5.41) is 3.74. The number of nitrogens with one attached hydrogen (secondary N) is 1. The van der Waals surface area contributed by atoms with Gasteiger partial charge in [0, 0.05) is 55.6 Å². The largest absolute Gasteiger partial charge is 0.367 e. The Morgan fingerprint density at radius 3 is 2.24 bits per heavy atom. The molecule has 6 nitrogen and oxygen atoms in total. The van der Waals surface area contributed by atoms with Gasteiger partial charge in [0.25, 0.3) is 0 Å². The van der Waals surface area contributed by atoms with E-state index in [4.69, 9.17) is 11.6 Å². The molecule has 1 N–H and O–H groups in total. The summed E-state index contributed by atoms with van der Waals surface area (Å²) < 4.78 is 0. The van der Waals surface area contributed by atoms with Crippen LogP contribution >= 0.6 is 11.6 Å². The Kier molecular flexibility index (Phi) is 6.74. The van der Waals surface area contributed by atoms with Gasteiger partial charge in [0.1, 0.15) is 0 Å². The topological polar surface area (TPSA) is 55.9 Å². The van der Waals surface area contributed by atoms with E-state index in [0.29, 0.717) is 31.0 Å². The lowest BCUT2D eigenvalue weighted by atomic mass is 9.90. The van der Waals surface area contributed by atoms with Gasteiger partial charge < -0.3 is 20.0 Å². The van der Waals surface area contributed by atoms with Crippen LogP contribution in [0.25, 0.3) is 0 Å². The molecular weight excluding hydrogens is 388 g/mol. The van der Waals surface area contributed by atoms with Crippen LogP contribution < -0.4 is 10.2 Å². The van der Waals surface area contributed by atoms with Gasteiger partial charge in [-0.25, -0.2) is 0 Å². The fourth-order valence-electron chi connectivity index (χ4n) is 3.99. The van der Waals surface area contributed by atoms with Crippen molar-refractivity contribution < 1.29 is 9.59 Å². The number of carbonyl (C=O) groups excluding carboxylic acids is 2. The number of hydrogen-bond acceptors (Lipinski definition) is 4. The van der Waals surface area contributed by atoms with Gasteiger partial charge in [-0.1, -0.05) is 32.4 Å². The van der Waals surface area contributed by atoms with Crippen molar-refractivity contribution in [2.24, 2.45) is 11.3 Å². The second kappa shape index (κ2) is 8.92. The Morgan fingerprint density at radius 2 is 1.66 bits per heavy atom. The van der Waals surface area contributed by atoms with Crippen LogP contribution in [-0.2, 0) is 9.59 Å². The van der Waals surface area contributed by atoms with Gasteiger partial charge in [-0.15, -0.1) is 0 Å². The molecule has 0 aromatic heterocycles. The Labute approximate surface area is 179 Å². The number of hydrogen-bond donors (Lipinski definition) is 1. The maximum atomic E-state index is 13.0. The number of nitrogens with zero attached hydrogens (tertiary/aromatic N) is 3. The van der Waals surface area contributed by atoms with Crippen LogP contribution in [0.5, 0.6) is 0 Å². The first-order valence-electron chi connectivity index (χ1n) is 10.5. The number of benzene rings is 1. The summed E-state index contributed by atoms with van der Waals surface area (Å²) in [6.45, 7) is 10.9. The zero-order valence-electron chi connectivity index (χ0n) is 18.0. The third-order valence-electron chi connectivity index (χ3n) is 5.85. The predicted octanol–water partition coefficient (Wildman–Crippen LogP) is 3.32. The normalized spacial score (nSPS) is 19.3. The molecule has 2 amide bonds. The lowest BCUT2D eigenvalue weighted by molar-refractivity contribution is -0.142. The van der Waals surface area contributed by atoms with Crippen molar-refractivity contribution in [3.8, 4) is 0 Å². The molecule has 3 rings (SSSR count). The van der Waals surface area contributed by atoms with E-state index in [1.54, 1.807) is 0 Å². The number of amides is 2. The maximum Gasteiger partial charge on any atom is 0.227 e. The SMILES string of the molecule is CN1CCN(c2ccc(Cl)cc2NC(=O)C2CCN(C(=O)C(C)(C)C)CC2)CC1. The first-order valence-corrected chi connectivity index (χ1v) is 10.9. The molecule has 1 aromatic rings. The van der Waals surface area contributed by atoms with Crippen LogP contribution in [0.15, 0.2) is 18.2 Å². The van der Waals surface area contributed by atoms with Crippen LogP contribution in [0, 0.1) is 11.3 Å². The minimum absolute atomic E-state index is 0.0190. The van der Waals surface area contributed by atoms with Gasteiger partial charge in [-0.05, 0) is 38.1 Å². The van der Waals surface area contributed by atoms with Gasteiger partial charge in [-0.3, -0.25) is 9.59 Å². The molecule has 0 atom stereocenters. The average Bonchev–Trinajstić information content (AvgIpc) is 2.68. The number of piperidine rings is 1. The summed E-state index contributed by atoms with van der Waals surface area (Å²) in [7, 11) is 2.12. The molecule has 0 saturated carbocycles. The molecule has 2 fully saturated rings. The second-order valence-corrected chi connectivity index (χ2v) is 9.69. The van der Waals surface area contributed by atoms with Crippen molar-refractivity contribution >= 4 is 34.8 Å². The van der Waals surface area contributed by atoms with E-state index in [1.807, 2.05) is 43.9 Å². The third-order valence-corrected chi connectivity index (χ3v) is 6.09. The monoisotopic (exact) mass is 420 g/mol. The van der Waals surface area contributed by atoms with E-state index < -0.39 is 0 Å². The molecule has 0 spiro atoms. The highest BCUT2D eigenvalue weighted by atomic mass is 35.5. The van der Waals surface area contributed by atoms with Crippen molar-refractivity contribution in [2.45, 2.75) is 33.6 Å². The summed E-state index contributed by atoms with van der Waals surface area (Å²) in [4.78, 5) is 31.9. The molecule has 2 heterocycles. The Morgan fingerprint density at radius 1 is 1.03 bits per heavy atom. The summed E-state index contributed by atoms with van der Waals surface area (Å²) in [5.41, 5.74) is 1.42. The molecule has 7 heteroatoms. The predicted molar refractivity (Wildman–Crippen MR) is 119 cm³/mol. The van der Waals surface area contributed by atoms with Crippen molar-refractivity contribution in [2.75, 3.05) is 56.5 Å². The summed E-state index contributed by atoms with van der Waals surface area (Å²) in [5.74, 6) is 0.0902. The van der Waals surface area contributed by atoms with Gasteiger partial charge in [-0.2, -0.15) is 0 Å². The van der Waals surface area contributed by atoms with Crippen LogP contribution in [0.4, 0.5) is 11.4 Å². The minimum atomic E-state index is -0.382. The van der Waals surface area contributed by atoms with Crippen LogP contribution in [0.1, 0.15) is 33.6 Å². The van der Waals surface area contributed by atoms with E-state index in [9.17, 15) is 9.59 Å². The molecule has 0 radical (unpaired) electrons. The zero-order valence-corrected chi connectivity index (χ0v) is 18.8. The lowest BCUT2D eigenvalue weighted by Crippen LogP contribution is -2.46. The highest BCUT2D eigenvalue weighted by Gasteiger charge is 2.32. The molecule has 0 unspecified atom stereocenters.